The van der Waals surface area contributed by atoms with Gasteiger partial charge in [0.1, 0.15) is 24.4 Å². The summed E-state index contributed by atoms with van der Waals surface area (Å²) in [4.78, 5) is 12.9. The van der Waals surface area contributed by atoms with Crippen LogP contribution in [0, 0.1) is 0 Å². The Morgan fingerprint density at radius 1 is 0.589 bits per heavy atom. The Labute approximate surface area is 342 Å². The fourth-order valence-electron chi connectivity index (χ4n) is 7.17. The molecule has 56 heavy (non-hydrogen) atoms. The lowest BCUT2D eigenvalue weighted by molar-refractivity contribution is -0.302. The average molecular weight is 794 g/mol. The predicted octanol–water partition coefficient (Wildman–Crippen LogP) is 9.67. The quantitative estimate of drug-likeness (QED) is 0.0268. The molecule has 6 N–H and O–H groups in total. The van der Waals surface area contributed by atoms with E-state index in [9.17, 15) is 30.3 Å². The third-order valence-corrected chi connectivity index (χ3v) is 10.9. The van der Waals surface area contributed by atoms with Crippen LogP contribution in [-0.4, -0.2) is 87.5 Å². The Balaban J connectivity index is 2.36. The minimum Gasteiger partial charge on any atom is -0.394 e. The van der Waals surface area contributed by atoms with Crippen molar-refractivity contribution in [1.82, 2.24) is 5.32 Å². The third-order valence-electron chi connectivity index (χ3n) is 10.9. The molecule has 9 heteroatoms. The van der Waals surface area contributed by atoms with E-state index < -0.39 is 49.5 Å². The molecule has 0 aromatic rings. The zero-order valence-corrected chi connectivity index (χ0v) is 35.9. The topological polar surface area (TPSA) is 149 Å². The summed E-state index contributed by atoms with van der Waals surface area (Å²) in [6.45, 7) is 3.74. The molecule has 328 valence electrons. The van der Waals surface area contributed by atoms with Gasteiger partial charge in [-0.15, -0.1) is 0 Å². The Morgan fingerprint density at radius 2 is 1.02 bits per heavy atom. The number of rotatable bonds is 38. The second kappa shape index (κ2) is 37.7. The fraction of sp³-hybridized carbons (Fsp3) is 0.851. The van der Waals surface area contributed by atoms with Crippen molar-refractivity contribution in [3.8, 4) is 0 Å². The van der Waals surface area contributed by atoms with Gasteiger partial charge in [0.25, 0.3) is 0 Å². The fourth-order valence-corrected chi connectivity index (χ4v) is 7.17. The van der Waals surface area contributed by atoms with Crippen LogP contribution < -0.4 is 5.32 Å². The summed E-state index contributed by atoms with van der Waals surface area (Å²) in [6, 6.07) is -0.820. The number of carbonyl (C=O) groups excluding carboxylic acids is 1. The normalized spacial score (nSPS) is 21.4. The monoisotopic (exact) mass is 794 g/mol. The first-order valence-corrected chi connectivity index (χ1v) is 23.2. The van der Waals surface area contributed by atoms with E-state index in [0.717, 1.165) is 38.5 Å². The molecule has 0 saturated carbocycles. The van der Waals surface area contributed by atoms with Crippen LogP contribution in [0.2, 0.25) is 0 Å². The van der Waals surface area contributed by atoms with Gasteiger partial charge in [0.2, 0.25) is 5.91 Å². The molecule has 1 amide bonds. The van der Waals surface area contributed by atoms with E-state index in [1.165, 1.54) is 141 Å². The van der Waals surface area contributed by atoms with Crippen molar-refractivity contribution in [2.75, 3.05) is 13.2 Å². The van der Waals surface area contributed by atoms with Gasteiger partial charge in [0.05, 0.1) is 25.4 Å². The van der Waals surface area contributed by atoms with Crippen molar-refractivity contribution in [3.05, 3.63) is 36.5 Å². The van der Waals surface area contributed by atoms with E-state index in [-0.39, 0.29) is 12.5 Å². The molecule has 9 nitrogen and oxygen atoms in total. The van der Waals surface area contributed by atoms with Crippen LogP contribution in [0.25, 0.3) is 0 Å². The van der Waals surface area contributed by atoms with Crippen LogP contribution in [0.5, 0.6) is 0 Å². The zero-order valence-electron chi connectivity index (χ0n) is 35.9. The summed E-state index contributed by atoms with van der Waals surface area (Å²) >= 11 is 0. The smallest absolute Gasteiger partial charge is 0.220 e. The van der Waals surface area contributed by atoms with E-state index in [2.05, 4.69) is 43.5 Å². The molecule has 1 fully saturated rings. The largest absolute Gasteiger partial charge is 0.394 e. The summed E-state index contributed by atoms with van der Waals surface area (Å²) < 4.78 is 11.2. The van der Waals surface area contributed by atoms with E-state index in [0.29, 0.717) is 6.42 Å². The molecule has 2 unspecified atom stereocenters. The molecule has 0 radical (unpaired) electrons. The number of hydrogen-bond acceptors (Lipinski definition) is 8. The lowest BCUT2D eigenvalue weighted by Gasteiger charge is -2.40. The highest BCUT2D eigenvalue weighted by molar-refractivity contribution is 5.76. The molecule has 1 heterocycles. The van der Waals surface area contributed by atoms with Crippen molar-refractivity contribution in [3.63, 3.8) is 0 Å². The van der Waals surface area contributed by atoms with Gasteiger partial charge in [-0.05, 0) is 57.8 Å². The summed E-state index contributed by atoms with van der Waals surface area (Å²) in [7, 11) is 0. The Morgan fingerprint density at radius 3 is 1.50 bits per heavy atom. The van der Waals surface area contributed by atoms with Gasteiger partial charge in [-0.25, -0.2) is 0 Å². The van der Waals surface area contributed by atoms with Crippen LogP contribution in [0.1, 0.15) is 200 Å². The second-order valence-electron chi connectivity index (χ2n) is 16.2. The van der Waals surface area contributed by atoms with E-state index in [4.69, 9.17) is 9.47 Å². The number of carbonyl (C=O) groups is 1. The van der Waals surface area contributed by atoms with Crippen LogP contribution in [0.4, 0.5) is 0 Å². The maximum atomic E-state index is 12.9. The molecule has 1 saturated heterocycles. The minimum atomic E-state index is -1.57. The van der Waals surface area contributed by atoms with Crippen molar-refractivity contribution in [2.45, 2.75) is 243 Å². The van der Waals surface area contributed by atoms with Crippen LogP contribution in [-0.2, 0) is 14.3 Å². The van der Waals surface area contributed by atoms with Gasteiger partial charge in [-0.3, -0.25) is 4.79 Å². The summed E-state index contributed by atoms with van der Waals surface area (Å²) in [6.07, 6.45) is 39.0. The third kappa shape index (κ3) is 27.9. The van der Waals surface area contributed by atoms with Gasteiger partial charge in [-0.1, -0.05) is 172 Å². The van der Waals surface area contributed by atoms with E-state index >= 15 is 0 Å². The molecule has 0 aliphatic carbocycles. The Bertz CT molecular complexity index is 972. The van der Waals surface area contributed by atoms with Crippen LogP contribution >= 0.6 is 0 Å². The number of hydrogen-bond donors (Lipinski definition) is 6. The molecule has 0 aromatic carbocycles. The number of aliphatic hydroxyl groups excluding tert-OH is 5. The van der Waals surface area contributed by atoms with Crippen molar-refractivity contribution >= 4 is 5.91 Å². The first-order chi connectivity index (χ1) is 27.3. The van der Waals surface area contributed by atoms with Crippen LogP contribution in [0.3, 0.4) is 0 Å². The van der Waals surface area contributed by atoms with Gasteiger partial charge in [0, 0.05) is 6.42 Å². The van der Waals surface area contributed by atoms with Crippen molar-refractivity contribution in [1.29, 1.82) is 0 Å². The first kappa shape index (κ1) is 52.4. The summed E-state index contributed by atoms with van der Waals surface area (Å²) in [5, 5.41) is 54.1. The van der Waals surface area contributed by atoms with Gasteiger partial charge < -0.3 is 40.3 Å². The van der Waals surface area contributed by atoms with E-state index in [1.54, 1.807) is 6.08 Å². The predicted molar refractivity (Wildman–Crippen MR) is 230 cm³/mol. The molecule has 1 aliphatic rings. The average Bonchev–Trinajstić information content (AvgIpc) is 3.20. The molecule has 1 aliphatic heterocycles. The Hall–Kier alpha value is -1.59. The maximum Gasteiger partial charge on any atom is 0.220 e. The number of aliphatic hydroxyl groups is 5. The van der Waals surface area contributed by atoms with Gasteiger partial charge in [-0.2, -0.15) is 0 Å². The highest BCUT2D eigenvalue weighted by Gasteiger charge is 2.44. The Kier molecular flexibility index (Phi) is 35.3. The van der Waals surface area contributed by atoms with E-state index in [1.807, 2.05) is 6.08 Å². The molecular weight excluding hydrogens is 707 g/mol. The summed E-state index contributed by atoms with van der Waals surface area (Å²) in [5.74, 6) is -0.190. The van der Waals surface area contributed by atoms with Gasteiger partial charge >= 0.3 is 0 Å². The molecule has 0 aromatic heterocycles. The molecule has 7 atom stereocenters. The number of unbranched alkanes of at least 4 members (excludes halogenated alkanes) is 24. The lowest BCUT2D eigenvalue weighted by atomic mass is 9.99. The standard InChI is InChI=1S/C47H87NO8/c1-3-5-7-9-11-13-15-17-19-20-21-22-23-25-27-29-31-33-35-37-43(51)48-40(39-55-47-46(54)45(53)44(52)42(38-49)56-47)41(50)36-34-32-30-28-26-24-18-16-14-12-10-8-6-4-2/h17,19,26,28,34,36,40-42,44-47,49-50,52-54H,3-16,18,20-25,27,29-33,35,37-39H2,1-2H3,(H,48,51)/b19-17+,28-26+,36-34+/t40-,41+,42-,44-,45?,46?,47-/m0/s1. The van der Waals surface area contributed by atoms with Crippen molar-refractivity contribution < 1.29 is 39.8 Å². The second-order valence-corrected chi connectivity index (χ2v) is 16.2. The molecule has 1 rings (SSSR count). The number of amides is 1. The maximum absolute atomic E-state index is 12.9. The zero-order chi connectivity index (χ0) is 40.9. The lowest BCUT2D eigenvalue weighted by Crippen LogP contribution is -2.60. The molecular formula is C47H87NO8. The molecule has 0 spiro atoms. The SMILES string of the molecule is CCCCCCCC/C=C/CCCCCCCCCCCC(=O)N[C@@H](CO[C@H]1O[C@@H](CO)[C@H](O)C(O)C1O)[C@H](O)/C=C/CC/C=C/CCCCCCCCCC. The number of nitrogens with one attached hydrogen (secondary N) is 1. The van der Waals surface area contributed by atoms with Gasteiger partial charge in [0.15, 0.2) is 6.29 Å². The first-order valence-electron chi connectivity index (χ1n) is 23.2. The van der Waals surface area contributed by atoms with Crippen molar-refractivity contribution in [2.24, 2.45) is 0 Å². The highest BCUT2D eigenvalue weighted by Crippen LogP contribution is 2.22. The highest BCUT2D eigenvalue weighted by atomic mass is 16.7. The molecule has 0 bridgehead atoms. The van der Waals surface area contributed by atoms with Crippen LogP contribution in [0.15, 0.2) is 36.5 Å². The summed E-state index contributed by atoms with van der Waals surface area (Å²) in [5.41, 5.74) is 0. The number of allylic oxidation sites excluding steroid dienone is 5. The minimum absolute atomic E-state index is 0.190. The number of ether oxygens (including phenoxy) is 2.